The van der Waals surface area contributed by atoms with Gasteiger partial charge in [0.2, 0.25) is 0 Å². The molecule has 1 aliphatic rings. The lowest BCUT2D eigenvalue weighted by atomic mass is 9.84. The molecule has 1 aliphatic heterocycles. The van der Waals surface area contributed by atoms with Gasteiger partial charge in [0.1, 0.15) is 11.4 Å². The van der Waals surface area contributed by atoms with E-state index in [0.29, 0.717) is 0 Å². The SMILES string of the molecule is CCCC1(CCC)CCc2ccccc2O1. The first-order chi connectivity index (χ1) is 7.79. The molecular weight excluding hydrogens is 196 g/mol. The summed E-state index contributed by atoms with van der Waals surface area (Å²) in [6, 6.07) is 8.49. The molecule has 1 aromatic carbocycles. The second-order valence-electron chi connectivity index (χ2n) is 4.89. The number of hydrogen-bond acceptors (Lipinski definition) is 1. The number of para-hydroxylation sites is 1. The minimum absolute atomic E-state index is 0.123. The van der Waals surface area contributed by atoms with Gasteiger partial charge in [-0.2, -0.15) is 0 Å². The second-order valence-corrected chi connectivity index (χ2v) is 4.89. The first kappa shape index (κ1) is 11.5. The fourth-order valence-corrected chi connectivity index (χ4v) is 2.84. The molecule has 1 heteroatoms. The van der Waals surface area contributed by atoms with Gasteiger partial charge in [-0.25, -0.2) is 0 Å². The average molecular weight is 218 g/mol. The molecule has 1 nitrogen and oxygen atoms in total. The van der Waals surface area contributed by atoms with Gasteiger partial charge in [-0.1, -0.05) is 44.9 Å². The Morgan fingerprint density at radius 2 is 1.81 bits per heavy atom. The van der Waals surface area contributed by atoms with Gasteiger partial charge in [0.25, 0.3) is 0 Å². The van der Waals surface area contributed by atoms with Crippen LogP contribution >= 0.6 is 0 Å². The van der Waals surface area contributed by atoms with Crippen LogP contribution in [0.2, 0.25) is 0 Å². The Balaban J connectivity index is 2.20. The van der Waals surface area contributed by atoms with Crippen LogP contribution in [0.3, 0.4) is 0 Å². The van der Waals surface area contributed by atoms with Crippen molar-refractivity contribution in [3.63, 3.8) is 0 Å². The van der Waals surface area contributed by atoms with Crippen LogP contribution in [0.1, 0.15) is 51.5 Å². The monoisotopic (exact) mass is 218 g/mol. The number of hydrogen-bond donors (Lipinski definition) is 0. The van der Waals surface area contributed by atoms with Crippen molar-refractivity contribution in [1.29, 1.82) is 0 Å². The molecule has 0 bridgehead atoms. The highest BCUT2D eigenvalue weighted by Gasteiger charge is 2.34. The molecule has 0 aromatic heterocycles. The Hall–Kier alpha value is -0.980. The highest BCUT2D eigenvalue weighted by Crippen LogP contribution is 2.38. The molecule has 0 N–H and O–H groups in total. The van der Waals surface area contributed by atoms with Crippen LogP contribution < -0.4 is 4.74 Å². The van der Waals surface area contributed by atoms with Crippen molar-refractivity contribution < 1.29 is 4.74 Å². The summed E-state index contributed by atoms with van der Waals surface area (Å²) in [6.45, 7) is 4.50. The van der Waals surface area contributed by atoms with Gasteiger partial charge in [-0.15, -0.1) is 0 Å². The molecule has 0 saturated carbocycles. The first-order valence-electron chi connectivity index (χ1n) is 6.56. The van der Waals surface area contributed by atoms with Crippen LogP contribution in [-0.2, 0) is 6.42 Å². The molecular formula is C15H22O. The largest absolute Gasteiger partial charge is 0.487 e. The van der Waals surface area contributed by atoms with E-state index >= 15 is 0 Å². The summed E-state index contributed by atoms with van der Waals surface area (Å²) in [6.07, 6.45) is 7.16. The number of rotatable bonds is 4. The zero-order valence-electron chi connectivity index (χ0n) is 10.5. The molecule has 0 aliphatic carbocycles. The zero-order valence-corrected chi connectivity index (χ0v) is 10.5. The summed E-state index contributed by atoms with van der Waals surface area (Å²) in [5, 5.41) is 0. The van der Waals surface area contributed by atoms with Gasteiger partial charge in [0, 0.05) is 0 Å². The third-order valence-corrected chi connectivity index (χ3v) is 3.56. The van der Waals surface area contributed by atoms with Crippen LogP contribution in [0, 0.1) is 0 Å². The van der Waals surface area contributed by atoms with E-state index in [0.717, 1.165) is 5.75 Å². The molecule has 0 saturated heterocycles. The molecule has 2 rings (SSSR count). The standard InChI is InChI=1S/C15H22O/c1-3-10-15(11-4-2)12-9-13-7-5-6-8-14(13)16-15/h5-8H,3-4,9-12H2,1-2H3. The lowest BCUT2D eigenvalue weighted by Gasteiger charge is -2.39. The molecule has 1 heterocycles. The second kappa shape index (κ2) is 4.90. The minimum Gasteiger partial charge on any atom is -0.487 e. The fraction of sp³-hybridized carbons (Fsp3) is 0.600. The topological polar surface area (TPSA) is 9.23 Å². The Morgan fingerprint density at radius 3 is 2.50 bits per heavy atom. The Bertz CT molecular complexity index is 337. The highest BCUT2D eigenvalue weighted by atomic mass is 16.5. The summed E-state index contributed by atoms with van der Waals surface area (Å²) >= 11 is 0. The van der Waals surface area contributed by atoms with E-state index < -0.39 is 0 Å². The van der Waals surface area contributed by atoms with Crippen LogP contribution in [0.5, 0.6) is 5.75 Å². The maximum absolute atomic E-state index is 6.30. The van der Waals surface area contributed by atoms with Gasteiger partial charge >= 0.3 is 0 Å². The van der Waals surface area contributed by atoms with E-state index in [1.165, 1.54) is 44.1 Å². The molecule has 88 valence electrons. The number of benzene rings is 1. The van der Waals surface area contributed by atoms with E-state index in [9.17, 15) is 0 Å². The van der Waals surface area contributed by atoms with Crippen LogP contribution in [-0.4, -0.2) is 5.60 Å². The minimum atomic E-state index is 0.123. The molecule has 0 unspecified atom stereocenters. The van der Waals surface area contributed by atoms with Gasteiger partial charge in [0.15, 0.2) is 0 Å². The number of aryl methyl sites for hydroxylation is 1. The zero-order chi connectivity index (χ0) is 11.4. The molecule has 0 fully saturated rings. The van der Waals surface area contributed by atoms with Crippen LogP contribution in [0.15, 0.2) is 24.3 Å². The van der Waals surface area contributed by atoms with Crippen molar-refractivity contribution in [2.45, 2.75) is 58.0 Å². The van der Waals surface area contributed by atoms with E-state index in [2.05, 4.69) is 38.1 Å². The molecule has 16 heavy (non-hydrogen) atoms. The molecule has 0 atom stereocenters. The summed E-state index contributed by atoms with van der Waals surface area (Å²) in [4.78, 5) is 0. The van der Waals surface area contributed by atoms with E-state index in [1.807, 2.05) is 0 Å². The maximum atomic E-state index is 6.30. The van der Waals surface area contributed by atoms with E-state index in [1.54, 1.807) is 0 Å². The summed E-state index contributed by atoms with van der Waals surface area (Å²) in [5.41, 5.74) is 1.50. The fourth-order valence-electron chi connectivity index (χ4n) is 2.84. The van der Waals surface area contributed by atoms with Crippen molar-refractivity contribution in [3.05, 3.63) is 29.8 Å². The number of ether oxygens (including phenoxy) is 1. The normalized spacial score (nSPS) is 17.6. The molecule has 1 aromatic rings. The van der Waals surface area contributed by atoms with Gasteiger partial charge in [-0.3, -0.25) is 0 Å². The Morgan fingerprint density at radius 1 is 1.12 bits per heavy atom. The van der Waals surface area contributed by atoms with Crippen molar-refractivity contribution in [1.82, 2.24) is 0 Å². The van der Waals surface area contributed by atoms with E-state index in [4.69, 9.17) is 4.74 Å². The van der Waals surface area contributed by atoms with Crippen LogP contribution in [0.4, 0.5) is 0 Å². The lowest BCUT2D eigenvalue weighted by Crippen LogP contribution is -2.39. The summed E-state index contributed by atoms with van der Waals surface area (Å²) in [7, 11) is 0. The number of fused-ring (bicyclic) bond motifs is 1. The lowest BCUT2D eigenvalue weighted by molar-refractivity contribution is 0.0276. The smallest absolute Gasteiger partial charge is 0.123 e. The van der Waals surface area contributed by atoms with Crippen molar-refractivity contribution >= 4 is 0 Å². The predicted molar refractivity (Wildman–Crippen MR) is 67.9 cm³/mol. The van der Waals surface area contributed by atoms with E-state index in [-0.39, 0.29) is 5.60 Å². The van der Waals surface area contributed by atoms with Gasteiger partial charge in [-0.05, 0) is 37.3 Å². The van der Waals surface area contributed by atoms with Gasteiger partial charge < -0.3 is 4.74 Å². The van der Waals surface area contributed by atoms with Crippen LogP contribution in [0.25, 0.3) is 0 Å². The molecule has 0 amide bonds. The van der Waals surface area contributed by atoms with Crippen molar-refractivity contribution in [2.24, 2.45) is 0 Å². The first-order valence-corrected chi connectivity index (χ1v) is 6.56. The summed E-state index contributed by atoms with van der Waals surface area (Å²) < 4.78 is 6.30. The quantitative estimate of drug-likeness (QED) is 0.730. The Kier molecular flexibility index (Phi) is 3.52. The third kappa shape index (κ3) is 2.23. The van der Waals surface area contributed by atoms with Crippen molar-refractivity contribution in [2.75, 3.05) is 0 Å². The Labute approximate surface area is 98.8 Å². The maximum Gasteiger partial charge on any atom is 0.123 e. The summed E-state index contributed by atoms with van der Waals surface area (Å²) in [5.74, 6) is 1.12. The average Bonchev–Trinajstić information content (AvgIpc) is 2.30. The highest BCUT2D eigenvalue weighted by molar-refractivity contribution is 5.36. The molecule has 0 spiro atoms. The van der Waals surface area contributed by atoms with Gasteiger partial charge in [0.05, 0.1) is 0 Å². The predicted octanol–water partition coefficient (Wildman–Crippen LogP) is 4.35. The molecule has 0 radical (unpaired) electrons. The van der Waals surface area contributed by atoms with Crippen molar-refractivity contribution in [3.8, 4) is 5.75 Å². The third-order valence-electron chi connectivity index (χ3n) is 3.56.